The Labute approximate surface area is 703 Å². The third kappa shape index (κ3) is 23.4. The first kappa shape index (κ1) is 89.5. The van der Waals surface area contributed by atoms with Crippen LogP contribution in [-0.2, 0) is 70.5 Å². The van der Waals surface area contributed by atoms with Crippen molar-refractivity contribution >= 4 is 105 Å². The fraction of sp³-hybridized carbons (Fsp3) is 0.518. The van der Waals surface area contributed by atoms with Crippen molar-refractivity contribution in [2.24, 2.45) is 21.6 Å². The van der Waals surface area contributed by atoms with Crippen molar-refractivity contribution in [1.29, 1.82) is 0 Å². The summed E-state index contributed by atoms with van der Waals surface area (Å²) in [5.74, 6) is -1.94. The van der Waals surface area contributed by atoms with Gasteiger partial charge in [-0.1, -0.05) is 75.2 Å². The number of benzene rings is 3. The second-order valence-corrected chi connectivity index (χ2v) is 33.9. The first-order valence-corrected chi connectivity index (χ1v) is 42.4. The number of unbranched alkanes of at least 4 members (excludes halogenated alkanes) is 2. The van der Waals surface area contributed by atoms with Crippen LogP contribution in [0.5, 0.6) is 5.75 Å². The molecule has 11 amide bonds. The number of thiazole rings is 1. The number of thiophene rings is 1. The van der Waals surface area contributed by atoms with Crippen LogP contribution >= 0.6 is 34.3 Å². The molecule has 6 atom stereocenters. The van der Waals surface area contributed by atoms with Crippen LogP contribution in [0.15, 0.2) is 89.4 Å². The van der Waals surface area contributed by atoms with Crippen LogP contribution in [0.4, 0.5) is 15.3 Å². The number of carbonyl (C=O) groups excluding carboxylic acids is 10. The number of aliphatic hydroxyl groups excluding tert-OH is 2. The van der Waals surface area contributed by atoms with Crippen LogP contribution < -0.4 is 47.7 Å². The van der Waals surface area contributed by atoms with Gasteiger partial charge in [-0.25, -0.2) is 14.6 Å². The summed E-state index contributed by atoms with van der Waals surface area (Å²) in [7, 11) is 0. The molecule has 4 aliphatic heterocycles. The number of nitrogens with zero attached hydrogens (tertiary/aromatic N) is 8. The molecule has 33 nitrogen and oxygen atoms in total. The highest BCUT2D eigenvalue weighted by atomic mass is 35.5. The zero-order chi connectivity index (χ0) is 85.1. The van der Waals surface area contributed by atoms with Gasteiger partial charge in [0.2, 0.25) is 47.3 Å². The number of primary amides is 1. The van der Waals surface area contributed by atoms with E-state index < -0.39 is 94.9 Å². The summed E-state index contributed by atoms with van der Waals surface area (Å²) < 4.78 is 31.5. The number of likely N-dealkylation sites (tertiary alicyclic amines) is 2. The average Bonchev–Trinajstić information content (AvgIpc) is 1.65. The Bertz CT molecular complexity index is 4670. The number of amides is 11. The molecule has 7 heterocycles. The quantitative estimate of drug-likeness (QED) is 0.0140. The van der Waals surface area contributed by atoms with Gasteiger partial charge in [-0.05, 0) is 131 Å². The smallest absolute Gasteiger partial charge is 0.410 e. The van der Waals surface area contributed by atoms with E-state index in [9.17, 15) is 58.2 Å². The Kier molecular flexibility index (Phi) is 31.3. The molecule has 1 aliphatic carbocycles. The number of aliphatic hydroxyl groups is 2. The molecular weight excluding hydrogens is 1590 g/mol. The number of anilines is 1. The maximum atomic E-state index is 14.5. The normalized spacial score (nSPS) is 18.0. The van der Waals surface area contributed by atoms with Gasteiger partial charge in [0.15, 0.2) is 5.82 Å². The number of aliphatic imine (C=N–C) groups is 1. The molecule has 2 saturated heterocycles. The molecule has 1 saturated carbocycles. The van der Waals surface area contributed by atoms with E-state index >= 15 is 0 Å². The SMILES string of the molecule is Cc1ncsc1-c1ccc(CNC(=O)[C@@H]2C[C@@H](O)CN2C(=O)[C@@H](NC(=O)COCCOCCOCCNC(=O)C[C@@H]2N=C(c3ccc(Cl)cc3)c3c(sc(C)c3C)-n3c(C)nnc32)C(C)(C)C)c(OC2CCN(C(=O)OCc3ccc(NC(=O)[C@H](CCCNC(N)=O)NC(=O)C4(C(=O)NCCCCCN5C(=O)C=CC5O)CCC4)cc3)CC2)c1. The van der Waals surface area contributed by atoms with Gasteiger partial charge >= 0.3 is 12.1 Å². The number of aryl methyl sites for hydroxylation is 3. The van der Waals surface area contributed by atoms with E-state index in [1.54, 1.807) is 66.8 Å². The highest BCUT2D eigenvalue weighted by Gasteiger charge is 2.52. The molecule has 3 aromatic heterocycles. The Hall–Kier alpha value is -10.3. The van der Waals surface area contributed by atoms with Crippen LogP contribution in [-0.4, -0.2) is 232 Å². The molecule has 640 valence electrons. The van der Waals surface area contributed by atoms with Crippen LogP contribution in [0.2, 0.25) is 5.02 Å². The summed E-state index contributed by atoms with van der Waals surface area (Å²) in [6, 6.07) is 15.2. The fourth-order valence-electron chi connectivity index (χ4n) is 14.8. The molecule has 36 heteroatoms. The summed E-state index contributed by atoms with van der Waals surface area (Å²) in [6.07, 6.45) is 4.24. The molecule has 0 bridgehead atoms. The number of hydrogen-bond acceptors (Lipinski definition) is 23. The number of aromatic nitrogens is 4. The summed E-state index contributed by atoms with van der Waals surface area (Å²) in [6.45, 7) is 15.2. The predicted molar refractivity (Wildman–Crippen MR) is 444 cm³/mol. The van der Waals surface area contributed by atoms with Crippen molar-refractivity contribution in [2.75, 3.05) is 90.8 Å². The third-order valence-corrected chi connectivity index (χ3v) is 24.1. The van der Waals surface area contributed by atoms with Crippen molar-refractivity contribution in [3.8, 4) is 21.2 Å². The lowest BCUT2D eigenvalue weighted by Crippen LogP contribution is -2.58. The molecule has 0 spiro atoms. The lowest BCUT2D eigenvalue weighted by Gasteiger charge is -2.39. The molecule has 6 aromatic rings. The number of β-amino-alcohol motifs (C(OH)–C–C–N with tert-alkyl or cyclic N) is 1. The second kappa shape index (κ2) is 41.6. The largest absolute Gasteiger partial charge is 0.490 e. The average molecular weight is 1700 g/mol. The van der Waals surface area contributed by atoms with Gasteiger partial charge in [0.1, 0.15) is 71.7 Å². The van der Waals surface area contributed by atoms with Crippen molar-refractivity contribution in [2.45, 2.75) is 181 Å². The second-order valence-electron chi connectivity index (χ2n) is 31.4. The number of nitrogens with two attached hydrogens (primary N) is 1. The predicted octanol–water partition coefficient (Wildman–Crippen LogP) is 6.82. The van der Waals surface area contributed by atoms with Gasteiger partial charge in [0.25, 0.3) is 0 Å². The Balaban J connectivity index is 0.595. The minimum atomic E-state index is -1.37. The van der Waals surface area contributed by atoms with E-state index in [0.29, 0.717) is 117 Å². The highest BCUT2D eigenvalue weighted by molar-refractivity contribution is 7.15. The number of piperidine rings is 1. The van der Waals surface area contributed by atoms with E-state index in [-0.39, 0.29) is 116 Å². The van der Waals surface area contributed by atoms with Crippen molar-refractivity contribution in [3.63, 3.8) is 0 Å². The van der Waals surface area contributed by atoms with Gasteiger partial charge in [-0.2, -0.15) is 0 Å². The van der Waals surface area contributed by atoms with Gasteiger partial charge < -0.3 is 91.5 Å². The van der Waals surface area contributed by atoms with E-state index in [1.165, 1.54) is 33.3 Å². The van der Waals surface area contributed by atoms with Crippen molar-refractivity contribution in [1.82, 2.24) is 66.3 Å². The number of rotatable bonds is 39. The van der Waals surface area contributed by atoms with E-state index in [2.05, 4.69) is 66.2 Å². The summed E-state index contributed by atoms with van der Waals surface area (Å²) in [5.41, 5.74) is 11.8. The Morgan fingerprint density at radius 3 is 2.18 bits per heavy atom. The number of halogens is 1. The van der Waals surface area contributed by atoms with Crippen LogP contribution in [0.1, 0.15) is 154 Å². The standard InChI is InChI=1S/C83H107ClN16O17S2/c1-49-51(3)119-77-69(49)70(54-18-20-57(84)21-19-54)92-62(73-96-95-52(4)100(73)77)43-65(102)86-32-36-113-37-38-114-39-40-115-47-66(103)94-72(82(5,6)7)76(108)99-45-59(101)42-63(99)75(107)89-44-56-17-16-55(71-50(2)90-48-118-71)41-64(56)117-60-26-34-97(35-27-60)81(112)116-46-53-14-22-58(23-15-53)91-74(106)61(13-11-31-88-80(85)111)93-79(110)83(28-12-29-83)78(109)87-30-9-8-10-33-98-67(104)24-25-68(98)105/h14-25,41,48,59-63,67,72,101,104H,8-13,26-40,42-47H2,1-7H3,(H,86,102)(H,87,109)(H,89,107)(H,91,106)(H,93,110)(H,94,103)(H3,85,88,111)/t59-,61+,62+,63+,67?,72-/m1/s1. The lowest BCUT2D eigenvalue weighted by atomic mass is 9.67. The molecule has 1 unspecified atom stereocenters. The van der Waals surface area contributed by atoms with Crippen molar-refractivity contribution < 1.29 is 81.8 Å². The maximum Gasteiger partial charge on any atom is 0.410 e. The number of fused-ring (bicyclic) bond motifs is 3. The highest BCUT2D eigenvalue weighted by Crippen LogP contribution is 2.43. The molecule has 0 radical (unpaired) electrons. The molecule has 3 fully saturated rings. The Morgan fingerprint density at radius 1 is 0.782 bits per heavy atom. The number of carbonyl (C=O) groups is 10. The van der Waals surface area contributed by atoms with Crippen LogP contribution in [0, 0.1) is 38.5 Å². The molecule has 11 N–H and O–H groups in total. The van der Waals surface area contributed by atoms with Gasteiger partial charge in [-0.15, -0.1) is 32.9 Å². The number of urea groups is 1. The first-order valence-electron chi connectivity index (χ1n) is 40.3. The van der Waals surface area contributed by atoms with E-state index in [0.717, 1.165) is 48.4 Å². The van der Waals surface area contributed by atoms with Crippen molar-refractivity contribution in [3.05, 3.63) is 139 Å². The number of nitrogens with one attached hydrogen (secondary N) is 7. The minimum absolute atomic E-state index is 0.00744. The lowest BCUT2D eigenvalue weighted by molar-refractivity contribution is -0.151. The number of ether oxygens (including phenoxy) is 5. The van der Waals surface area contributed by atoms with Gasteiger partial charge in [-0.3, -0.25) is 47.9 Å². The topological polar surface area (TPSA) is 433 Å². The van der Waals surface area contributed by atoms with Gasteiger partial charge in [0.05, 0.1) is 67.4 Å². The maximum absolute atomic E-state index is 14.5. The Morgan fingerprint density at radius 2 is 1.50 bits per heavy atom. The monoisotopic (exact) mass is 1700 g/mol. The summed E-state index contributed by atoms with van der Waals surface area (Å²) in [5, 5.41) is 51.1. The third-order valence-electron chi connectivity index (χ3n) is 21.7. The zero-order valence-corrected chi connectivity index (χ0v) is 70.5. The molecule has 5 aliphatic rings. The van der Waals surface area contributed by atoms with E-state index in [4.69, 9.17) is 46.0 Å². The molecule has 119 heavy (non-hydrogen) atoms. The summed E-state index contributed by atoms with van der Waals surface area (Å²) in [4.78, 5) is 150. The van der Waals surface area contributed by atoms with Crippen LogP contribution in [0.3, 0.4) is 0 Å². The molecule has 3 aromatic carbocycles. The fourth-order valence-corrected chi connectivity index (χ4v) is 16.9. The first-order chi connectivity index (χ1) is 57.0. The van der Waals surface area contributed by atoms with Gasteiger partial charge in [0, 0.05) is 110 Å². The minimum Gasteiger partial charge on any atom is -0.490 e. The van der Waals surface area contributed by atoms with Crippen LogP contribution in [0.25, 0.3) is 15.4 Å². The molecular formula is C83H107ClN16O17S2. The number of hydrogen-bond donors (Lipinski definition) is 10. The van der Waals surface area contributed by atoms with E-state index in [1.807, 2.05) is 60.9 Å². The molecule has 11 rings (SSSR count). The zero-order valence-electron chi connectivity index (χ0n) is 68.1. The summed E-state index contributed by atoms with van der Waals surface area (Å²) >= 11 is 9.37.